The largest absolute Gasteiger partial charge is 0.367 e. The van der Waals surface area contributed by atoms with E-state index >= 15 is 0 Å². The van der Waals surface area contributed by atoms with Gasteiger partial charge in [-0.05, 0) is 43.5 Å². The van der Waals surface area contributed by atoms with Crippen molar-refractivity contribution < 1.29 is 8.42 Å². The molecule has 0 unspecified atom stereocenters. The first-order valence-electron chi connectivity index (χ1n) is 7.86. The van der Waals surface area contributed by atoms with Crippen LogP contribution in [0, 0.1) is 6.92 Å². The predicted octanol–water partition coefficient (Wildman–Crippen LogP) is 3.55. The molecular weight excluding hydrogens is 310 g/mol. The first-order valence-corrected chi connectivity index (χ1v) is 9.34. The number of anilines is 2. The monoisotopic (exact) mass is 331 g/mol. The molecule has 0 spiro atoms. The number of aromatic nitrogens is 1. The molecule has 2 N–H and O–H groups in total. The second kappa shape index (κ2) is 6.58. The van der Waals surface area contributed by atoms with E-state index in [0.717, 1.165) is 5.82 Å². The molecule has 1 saturated carbocycles. The maximum atomic E-state index is 12.4. The Kier molecular flexibility index (Phi) is 4.52. The Hall–Kier alpha value is -2.08. The van der Waals surface area contributed by atoms with Gasteiger partial charge in [-0.1, -0.05) is 31.0 Å². The molecule has 0 bridgehead atoms. The zero-order valence-electron chi connectivity index (χ0n) is 13.1. The van der Waals surface area contributed by atoms with Crippen molar-refractivity contribution in [2.24, 2.45) is 0 Å². The molecule has 0 radical (unpaired) electrons. The van der Waals surface area contributed by atoms with E-state index in [2.05, 4.69) is 15.0 Å². The molecule has 1 aliphatic carbocycles. The molecule has 5 nitrogen and oxygen atoms in total. The average Bonchev–Trinajstić information content (AvgIpc) is 3.02. The topological polar surface area (TPSA) is 71.1 Å². The minimum absolute atomic E-state index is 0.285. The normalized spacial score (nSPS) is 15.5. The summed E-state index contributed by atoms with van der Waals surface area (Å²) in [5.74, 6) is 0.788. The third-order valence-electron chi connectivity index (χ3n) is 4.11. The van der Waals surface area contributed by atoms with Crippen LogP contribution in [0.5, 0.6) is 0 Å². The van der Waals surface area contributed by atoms with Crippen molar-refractivity contribution in [1.82, 2.24) is 4.98 Å². The van der Waals surface area contributed by atoms with E-state index in [-0.39, 0.29) is 4.90 Å². The van der Waals surface area contributed by atoms with Gasteiger partial charge in [0.2, 0.25) is 0 Å². The lowest BCUT2D eigenvalue weighted by atomic mass is 10.2. The molecule has 1 aromatic carbocycles. The summed E-state index contributed by atoms with van der Waals surface area (Å²) in [6.07, 6.45) is 6.40. The van der Waals surface area contributed by atoms with E-state index in [1.165, 1.54) is 25.7 Å². The average molecular weight is 331 g/mol. The van der Waals surface area contributed by atoms with E-state index in [0.29, 0.717) is 17.3 Å². The summed E-state index contributed by atoms with van der Waals surface area (Å²) in [6, 6.07) is 10.9. The number of aryl methyl sites for hydroxylation is 1. The van der Waals surface area contributed by atoms with E-state index in [9.17, 15) is 8.42 Å². The highest BCUT2D eigenvalue weighted by Crippen LogP contribution is 2.23. The van der Waals surface area contributed by atoms with Crippen LogP contribution in [0.15, 0.2) is 47.5 Å². The lowest BCUT2D eigenvalue weighted by Gasteiger charge is -2.13. The zero-order chi connectivity index (χ0) is 16.3. The van der Waals surface area contributed by atoms with Crippen LogP contribution in [0.4, 0.5) is 11.5 Å². The molecule has 0 aliphatic heterocycles. The first kappa shape index (κ1) is 15.8. The number of nitrogens with one attached hydrogen (secondary N) is 2. The van der Waals surface area contributed by atoms with E-state index in [1.54, 1.807) is 37.4 Å². The molecule has 23 heavy (non-hydrogen) atoms. The van der Waals surface area contributed by atoms with Gasteiger partial charge in [0.15, 0.2) is 0 Å². The second-order valence-electron chi connectivity index (χ2n) is 5.93. The lowest BCUT2D eigenvalue weighted by molar-refractivity contribution is 0.600. The van der Waals surface area contributed by atoms with Crippen LogP contribution in [-0.4, -0.2) is 19.4 Å². The number of hydrogen-bond acceptors (Lipinski definition) is 4. The van der Waals surface area contributed by atoms with Crippen LogP contribution >= 0.6 is 0 Å². The van der Waals surface area contributed by atoms with Gasteiger partial charge in [0.05, 0.1) is 16.8 Å². The summed E-state index contributed by atoms with van der Waals surface area (Å²) in [7, 11) is -3.59. The SMILES string of the molecule is Cc1ccccc1S(=O)(=O)Nc1ccc(NC2CCCC2)nc1. The summed E-state index contributed by atoms with van der Waals surface area (Å²) in [4.78, 5) is 4.59. The molecule has 2 aromatic rings. The molecule has 3 rings (SSSR count). The fourth-order valence-electron chi connectivity index (χ4n) is 2.89. The number of rotatable bonds is 5. The van der Waals surface area contributed by atoms with Gasteiger partial charge >= 0.3 is 0 Å². The van der Waals surface area contributed by atoms with Crippen molar-refractivity contribution in [3.8, 4) is 0 Å². The summed E-state index contributed by atoms with van der Waals surface area (Å²) in [5, 5.41) is 3.38. The first-order chi connectivity index (χ1) is 11.0. The minimum atomic E-state index is -3.59. The fourth-order valence-corrected chi connectivity index (χ4v) is 4.18. The minimum Gasteiger partial charge on any atom is -0.367 e. The Morgan fingerprint density at radius 1 is 1.09 bits per heavy atom. The van der Waals surface area contributed by atoms with Gasteiger partial charge in [0, 0.05) is 6.04 Å². The highest BCUT2D eigenvalue weighted by molar-refractivity contribution is 7.92. The Morgan fingerprint density at radius 3 is 2.48 bits per heavy atom. The maximum absolute atomic E-state index is 12.4. The van der Waals surface area contributed by atoms with Gasteiger partial charge in [-0.3, -0.25) is 4.72 Å². The molecule has 6 heteroatoms. The number of nitrogens with zero attached hydrogens (tertiary/aromatic N) is 1. The smallest absolute Gasteiger partial charge is 0.262 e. The summed E-state index contributed by atoms with van der Waals surface area (Å²) in [6.45, 7) is 1.78. The number of sulfonamides is 1. The van der Waals surface area contributed by atoms with Gasteiger partial charge in [0.1, 0.15) is 5.82 Å². The zero-order valence-corrected chi connectivity index (χ0v) is 13.9. The van der Waals surface area contributed by atoms with E-state index < -0.39 is 10.0 Å². The Morgan fingerprint density at radius 2 is 1.83 bits per heavy atom. The molecule has 0 atom stereocenters. The molecule has 0 amide bonds. The van der Waals surface area contributed by atoms with Crippen molar-refractivity contribution in [3.63, 3.8) is 0 Å². The number of hydrogen-bond donors (Lipinski definition) is 2. The number of pyridine rings is 1. The summed E-state index contributed by atoms with van der Waals surface area (Å²) in [5.41, 5.74) is 1.18. The Bertz CT molecular complexity index is 767. The van der Waals surface area contributed by atoms with Crippen LogP contribution in [0.1, 0.15) is 31.2 Å². The molecule has 1 heterocycles. The highest BCUT2D eigenvalue weighted by Gasteiger charge is 2.17. The standard InChI is InChI=1S/C17H21N3O2S/c1-13-6-2-5-9-16(13)23(21,22)20-15-10-11-17(18-12-15)19-14-7-3-4-8-14/h2,5-6,9-12,14,20H,3-4,7-8H2,1H3,(H,18,19). The molecule has 1 aliphatic rings. The third-order valence-corrected chi connectivity index (χ3v) is 5.65. The van der Waals surface area contributed by atoms with Crippen LogP contribution in [0.2, 0.25) is 0 Å². The third kappa shape index (κ3) is 3.82. The van der Waals surface area contributed by atoms with Crippen molar-refractivity contribution in [3.05, 3.63) is 48.2 Å². The van der Waals surface area contributed by atoms with Gasteiger partial charge in [-0.15, -0.1) is 0 Å². The van der Waals surface area contributed by atoms with E-state index in [1.807, 2.05) is 12.1 Å². The van der Waals surface area contributed by atoms with Gasteiger partial charge < -0.3 is 5.32 Å². The fraction of sp³-hybridized carbons (Fsp3) is 0.353. The van der Waals surface area contributed by atoms with Crippen LogP contribution in [0.3, 0.4) is 0 Å². The van der Waals surface area contributed by atoms with Crippen molar-refractivity contribution in [2.75, 3.05) is 10.0 Å². The van der Waals surface area contributed by atoms with Gasteiger partial charge in [0.25, 0.3) is 10.0 Å². The van der Waals surface area contributed by atoms with Crippen molar-refractivity contribution in [2.45, 2.75) is 43.5 Å². The lowest BCUT2D eigenvalue weighted by Crippen LogP contribution is -2.16. The molecular formula is C17H21N3O2S. The molecule has 1 fully saturated rings. The summed E-state index contributed by atoms with van der Waals surface area (Å²) >= 11 is 0. The number of benzene rings is 1. The van der Waals surface area contributed by atoms with Crippen LogP contribution in [-0.2, 0) is 10.0 Å². The van der Waals surface area contributed by atoms with Crippen LogP contribution < -0.4 is 10.0 Å². The Labute approximate surface area is 137 Å². The van der Waals surface area contributed by atoms with Crippen LogP contribution in [0.25, 0.3) is 0 Å². The Balaban J connectivity index is 1.71. The van der Waals surface area contributed by atoms with Crippen molar-refractivity contribution >= 4 is 21.5 Å². The highest BCUT2D eigenvalue weighted by atomic mass is 32.2. The van der Waals surface area contributed by atoms with Crippen molar-refractivity contribution in [1.29, 1.82) is 0 Å². The van der Waals surface area contributed by atoms with Gasteiger partial charge in [-0.2, -0.15) is 0 Å². The maximum Gasteiger partial charge on any atom is 0.262 e. The molecule has 122 valence electrons. The molecule has 1 aromatic heterocycles. The van der Waals surface area contributed by atoms with Gasteiger partial charge in [-0.25, -0.2) is 13.4 Å². The quantitative estimate of drug-likeness (QED) is 0.879. The molecule has 0 saturated heterocycles. The van der Waals surface area contributed by atoms with E-state index in [4.69, 9.17) is 0 Å². The summed E-state index contributed by atoms with van der Waals surface area (Å²) < 4.78 is 27.4. The predicted molar refractivity (Wildman–Crippen MR) is 92.1 cm³/mol. The second-order valence-corrected chi connectivity index (χ2v) is 7.58.